The highest BCUT2D eigenvalue weighted by molar-refractivity contribution is 7.18. The lowest BCUT2D eigenvalue weighted by molar-refractivity contribution is 0.0987. The molecule has 0 bridgehead atoms. The lowest BCUT2D eigenvalue weighted by Gasteiger charge is -2.20. The second-order valence-electron chi connectivity index (χ2n) is 8.00. The zero-order valence-corrected chi connectivity index (χ0v) is 18.0. The molecule has 2 aromatic heterocycles. The highest BCUT2D eigenvalue weighted by Crippen LogP contribution is 2.32. The largest absolute Gasteiger partial charge is 0.282 e. The second-order valence-corrected chi connectivity index (χ2v) is 9.91. The van der Waals surface area contributed by atoms with Gasteiger partial charge in [0, 0.05) is 12.1 Å². The van der Waals surface area contributed by atoms with Gasteiger partial charge in [0.15, 0.2) is 0 Å². The van der Waals surface area contributed by atoms with Crippen LogP contribution in [0.2, 0.25) is 0 Å². The van der Waals surface area contributed by atoms with Crippen LogP contribution in [0.15, 0.2) is 41.8 Å². The normalized spacial score (nSPS) is 11.8. The van der Waals surface area contributed by atoms with Gasteiger partial charge in [-0.2, -0.15) is 0 Å². The molecule has 0 radical (unpaired) electrons. The number of nitrogens with zero attached hydrogens (tertiary/aromatic N) is 3. The molecule has 0 unspecified atom stereocenters. The standard InChI is InChI=1S/C21H25N3OS2/c1-14(2)13-24(19(25)17-7-6-12-26-17)20-23-22-18(27-20)15-8-10-16(11-9-15)21(3,4)5/h6-12,14H,13H2,1-5H3. The Morgan fingerprint density at radius 2 is 1.81 bits per heavy atom. The lowest BCUT2D eigenvalue weighted by atomic mass is 9.87. The highest BCUT2D eigenvalue weighted by Gasteiger charge is 2.23. The van der Waals surface area contributed by atoms with Crippen molar-refractivity contribution in [3.8, 4) is 10.6 Å². The van der Waals surface area contributed by atoms with E-state index >= 15 is 0 Å². The summed E-state index contributed by atoms with van der Waals surface area (Å²) in [6.07, 6.45) is 0. The molecule has 0 saturated carbocycles. The number of hydrogen-bond acceptors (Lipinski definition) is 5. The molecule has 3 aromatic rings. The molecule has 0 aliphatic carbocycles. The van der Waals surface area contributed by atoms with Crippen molar-refractivity contribution in [2.75, 3.05) is 11.4 Å². The maximum atomic E-state index is 12.9. The molecule has 142 valence electrons. The van der Waals surface area contributed by atoms with E-state index < -0.39 is 0 Å². The average Bonchev–Trinajstić information content (AvgIpc) is 3.30. The Bertz CT molecular complexity index is 890. The second kappa shape index (κ2) is 7.90. The average molecular weight is 400 g/mol. The minimum absolute atomic E-state index is 0.00974. The summed E-state index contributed by atoms with van der Waals surface area (Å²) < 4.78 is 0. The summed E-state index contributed by atoms with van der Waals surface area (Å²) in [5.74, 6) is 0.330. The third kappa shape index (κ3) is 4.62. The molecule has 27 heavy (non-hydrogen) atoms. The van der Waals surface area contributed by atoms with Gasteiger partial charge in [0.25, 0.3) is 5.91 Å². The first kappa shape index (κ1) is 19.7. The zero-order chi connectivity index (χ0) is 19.6. The zero-order valence-electron chi connectivity index (χ0n) is 16.4. The maximum absolute atomic E-state index is 12.9. The van der Waals surface area contributed by atoms with E-state index in [1.54, 1.807) is 4.90 Å². The molecule has 0 N–H and O–H groups in total. The molecule has 1 amide bonds. The van der Waals surface area contributed by atoms with Gasteiger partial charge in [0.2, 0.25) is 5.13 Å². The first-order chi connectivity index (χ1) is 12.8. The van der Waals surface area contributed by atoms with Crippen molar-refractivity contribution in [1.82, 2.24) is 10.2 Å². The van der Waals surface area contributed by atoms with Crippen molar-refractivity contribution >= 4 is 33.7 Å². The molecular formula is C21H25N3OS2. The van der Waals surface area contributed by atoms with Crippen LogP contribution in [0.25, 0.3) is 10.6 Å². The number of rotatable bonds is 5. The summed E-state index contributed by atoms with van der Waals surface area (Å²) in [4.78, 5) is 15.4. The Labute approximate surface area is 168 Å². The maximum Gasteiger partial charge on any atom is 0.270 e. The first-order valence-electron chi connectivity index (χ1n) is 9.05. The molecule has 0 aliphatic rings. The molecule has 1 aromatic carbocycles. The van der Waals surface area contributed by atoms with Crippen LogP contribution in [0.5, 0.6) is 0 Å². The fourth-order valence-corrected chi connectivity index (χ4v) is 4.23. The Kier molecular flexibility index (Phi) is 5.77. The molecule has 4 nitrogen and oxygen atoms in total. The fourth-order valence-electron chi connectivity index (χ4n) is 2.70. The van der Waals surface area contributed by atoms with Gasteiger partial charge in [-0.25, -0.2) is 0 Å². The number of anilines is 1. The van der Waals surface area contributed by atoms with Crippen molar-refractivity contribution < 1.29 is 4.79 Å². The van der Waals surface area contributed by atoms with Crippen LogP contribution in [0.1, 0.15) is 49.9 Å². The first-order valence-corrected chi connectivity index (χ1v) is 10.7. The molecular weight excluding hydrogens is 374 g/mol. The summed E-state index contributed by atoms with van der Waals surface area (Å²) in [5, 5.41) is 12.1. The number of carbonyl (C=O) groups excluding carboxylic acids is 1. The van der Waals surface area contributed by atoms with E-state index in [0.717, 1.165) is 15.4 Å². The Morgan fingerprint density at radius 3 is 2.37 bits per heavy atom. The number of thiophene rings is 1. The van der Waals surface area contributed by atoms with Gasteiger partial charge in [0.1, 0.15) is 5.01 Å². The van der Waals surface area contributed by atoms with Gasteiger partial charge < -0.3 is 0 Å². The van der Waals surface area contributed by atoms with E-state index in [0.29, 0.717) is 17.6 Å². The van der Waals surface area contributed by atoms with Crippen LogP contribution in [-0.2, 0) is 5.41 Å². The van der Waals surface area contributed by atoms with Gasteiger partial charge in [0.05, 0.1) is 4.88 Å². The topological polar surface area (TPSA) is 46.1 Å². The predicted octanol–water partition coefficient (Wildman–Crippen LogP) is 5.87. The van der Waals surface area contributed by atoms with Gasteiger partial charge in [-0.1, -0.05) is 76.3 Å². The van der Waals surface area contributed by atoms with E-state index in [1.807, 2.05) is 17.5 Å². The van der Waals surface area contributed by atoms with Crippen LogP contribution < -0.4 is 4.90 Å². The SMILES string of the molecule is CC(C)CN(C(=O)c1cccs1)c1nnc(-c2ccc(C(C)(C)C)cc2)s1. The molecule has 0 saturated heterocycles. The van der Waals surface area contributed by atoms with Gasteiger partial charge in [-0.15, -0.1) is 21.5 Å². The number of benzene rings is 1. The van der Waals surface area contributed by atoms with Crippen molar-refractivity contribution in [2.45, 2.75) is 40.0 Å². The van der Waals surface area contributed by atoms with E-state index in [-0.39, 0.29) is 11.3 Å². The minimum Gasteiger partial charge on any atom is -0.282 e. The van der Waals surface area contributed by atoms with Gasteiger partial charge >= 0.3 is 0 Å². The van der Waals surface area contributed by atoms with E-state index in [9.17, 15) is 4.79 Å². The van der Waals surface area contributed by atoms with E-state index in [2.05, 4.69) is 69.1 Å². The third-order valence-corrected chi connectivity index (χ3v) is 6.02. The summed E-state index contributed by atoms with van der Waals surface area (Å²) in [7, 11) is 0. The summed E-state index contributed by atoms with van der Waals surface area (Å²) in [6, 6.07) is 12.2. The highest BCUT2D eigenvalue weighted by atomic mass is 32.1. The van der Waals surface area contributed by atoms with Crippen LogP contribution in [0.3, 0.4) is 0 Å². The number of carbonyl (C=O) groups is 1. The van der Waals surface area contributed by atoms with Crippen molar-refractivity contribution in [3.05, 3.63) is 52.2 Å². The van der Waals surface area contributed by atoms with Crippen LogP contribution >= 0.6 is 22.7 Å². The molecule has 0 aliphatic heterocycles. The summed E-state index contributed by atoms with van der Waals surface area (Å²) in [6.45, 7) is 11.4. The van der Waals surface area contributed by atoms with Gasteiger partial charge in [-0.05, 0) is 28.3 Å². The number of aromatic nitrogens is 2. The smallest absolute Gasteiger partial charge is 0.270 e. The minimum atomic E-state index is -0.00974. The Balaban J connectivity index is 1.88. The molecule has 2 heterocycles. The van der Waals surface area contributed by atoms with Crippen LogP contribution in [0, 0.1) is 5.92 Å². The monoisotopic (exact) mass is 399 g/mol. The third-order valence-electron chi connectivity index (χ3n) is 4.17. The van der Waals surface area contributed by atoms with E-state index in [1.165, 1.54) is 28.2 Å². The predicted molar refractivity (Wildman–Crippen MR) is 115 cm³/mol. The lowest BCUT2D eigenvalue weighted by Crippen LogP contribution is -2.33. The Morgan fingerprint density at radius 1 is 1.11 bits per heavy atom. The Hall–Kier alpha value is -2.05. The van der Waals surface area contributed by atoms with Crippen molar-refractivity contribution in [1.29, 1.82) is 0 Å². The van der Waals surface area contributed by atoms with Crippen LogP contribution in [0.4, 0.5) is 5.13 Å². The van der Waals surface area contributed by atoms with Crippen molar-refractivity contribution in [3.63, 3.8) is 0 Å². The molecule has 0 spiro atoms. The number of amides is 1. The molecule has 6 heteroatoms. The van der Waals surface area contributed by atoms with E-state index in [4.69, 9.17) is 0 Å². The fraction of sp³-hybridized carbons (Fsp3) is 0.381. The van der Waals surface area contributed by atoms with Crippen LogP contribution in [-0.4, -0.2) is 22.6 Å². The summed E-state index contributed by atoms with van der Waals surface area (Å²) >= 11 is 2.92. The summed E-state index contributed by atoms with van der Waals surface area (Å²) in [5.41, 5.74) is 2.43. The molecule has 0 fully saturated rings. The van der Waals surface area contributed by atoms with Gasteiger partial charge in [-0.3, -0.25) is 9.69 Å². The quantitative estimate of drug-likeness (QED) is 0.539. The number of hydrogen-bond donors (Lipinski definition) is 0. The van der Waals surface area contributed by atoms with Crippen molar-refractivity contribution in [2.24, 2.45) is 5.92 Å². The molecule has 3 rings (SSSR count). The molecule has 0 atom stereocenters.